The van der Waals surface area contributed by atoms with Gasteiger partial charge >= 0.3 is 0 Å². The first-order valence-corrected chi connectivity index (χ1v) is 4.29. The molecule has 1 aliphatic rings. The summed E-state index contributed by atoms with van der Waals surface area (Å²) in [7, 11) is 0. The zero-order valence-corrected chi connectivity index (χ0v) is 7.16. The summed E-state index contributed by atoms with van der Waals surface area (Å²) in [6, 6.07) is 1.63. The second kappa shape index (κ2) is 2.73. The standard InChI is InChI=1S/C9H12N2O/c1-7-4-9(12)11(10-5-7)6-8-2-3-8/h4-5,8H,2-3,6H2,1H3. The maximum atomic E-state index is 11.3. The van der Waals surface area contributed by atoms with Gasteiger partial charge in [-0.1, -0.05) is 0 Å². The third-order valence-corrected chi connectivity index (χ3v) is 2.13. The number of nitrogens with zero attached hydrogens (tertiary/aromatic N) is 2. The van der Waals surface area contributed by atoms with Crippen molar-refractivity contribution in [1.82, 2.24) is 9.78 Å². The Morgan fingerprint density at radius 3 is 3.00 bits per heavy atom. The van der Waals surface area contributed by atoms with E-state index < -0.39 is 0 Å². The molecule has 2 rings (SSSR count). The molecular weight excluding hydrogens is 152 g/mol. The Morgan fingerprint density at radius 2 is 2.42 bits per heavy atom. The van der Waals surface area contributed by atoms with Gasteiger partial charge in [0, 0.05) is 12.6 Å². The zero-order valence-electron chi connectivity index (χ0n) is 7.16. The maximum absolute atomic E-state index is 11.3. The van der Waals surface area contributed by atoms with E-state index in [1.165, 1.54) is 12.8 Å². The number of hydrogen-bond donors (Lipinski definition) is 0. The average Bonchev–Trinajstić information content (AvgIpc) is 2.79. The van der Waals surface area contributed by atoms with Gasteiger partial charge in [0.25, 0.3) is 5.56 Å². The van der Waals surface area contributed by atoms with Gasteiger partial charge in [0.15, 0.2) is 0 Å². The molecule has 0 aromatic carbocycles. The van der Waals surface area contributed by atoms with E-state index in [1.807, 2.05) is 6.92 Å². The second-order valence-electron chi connectivity index (χ2n) is 3.50. The average molecular weight is 164 g/mol. The minimum absolute atomic E-state index is 0.0295. The molecule has 0 saturated heterocycles. The highest BCUT2D eigenvalue weighted by atomic mass is 16.1. The summed E-state index contributed by atoms with van der Waals surface area (Å²) in [6.45, 7) is 2.69. The Labute approximate surface area is 71.0 Å². The number of rotatable bonds is 2. The molecule has 0 aliphatic heterocycles. The fourth-order valence-electron chi connectivity index (χ4n) is 1.21. The van der Waals surface area contributed by atoms with E-state index in [0.717, 1.165) is 12.1 Å². The van der Waals surface area contributed by atoms with Crippen molar-refractivity contribution in [1.29, 1.82) is 0 Å². The Bertz CT molecular complexity index is 339. The third-order valence-electron chi connectivity index (χ3n) is 2.13. The lowest BCUT2D eigenvalue weighted by atomic mass is 10.3. The molecule has 0 unspecified atom stereocenters. The molecule has 0 spiro atoms. The highest BCUT2D eigenvalue weighted by molar-refractivity contribution is 5.02. The molecule has 0 atom stereocenters. The Morgan fingerprint density at radius 1 is 1.67 bits per heavy atom. The largest absolute Gasteiger partial charge is 0.268 e. The molecule has 1 heterocycles. The Balaban J connectivity index is 2.24. The van der Waals surface area contributed by atoms with E-state index in [9.17, 15) is 4.79 Å². The number of aromatic nitrogens is 2. The quantitative estimate of drug-likeness (QED) is 0.652. The van der Waals surface area contributed by atoms with Gasteiger partial charge < -0.3 is 0 Å². The van der Waals surface area contributed by atoms with Crippen LogP contribution in [0.3, 0.4) is 0 Å². The summed E-state index contributed by atoms with van der Waals surface area (Å²) in [5.74, 6) is 0.706. The minimum Gasteiger partial charge on any atom is -0.268 e. The van der Waals surface area contributed by atoms with Crippen LogP contribution < -0.4 is 5.56 Å². The normalized spacial score (nSPS) is 16.4. The van der Waals surface area contributed by atoms with Crippen molar-refractivity contribution in [2.45, 2.75) is 26.3 Å². The predicted octanol–water partition coefficient (Wildman–Crippen LogP) is 0.962. The lowest BCUT2D eigenvalue weighted by Crippen LogP contribution is -2.22. The Kier molecular flexibility index (Phi) is 1.71. The van der Waals surface area contributed by atoms with Crippen LogP contribution >= 0.6 is 0 Å². The van der Waals surface area contributed by atoms with Gasteiger partial charge in [0.1, 0.15) is 0 Å². The SMILES string of the molecule is Cc1cnn(CC2CC2)c(=O)c1. The van der Waals surface area contributed by atoms with E-state index in [1.54, 1.807) is 16.9 Å². The van der Waals surface area contributed by atoms with Crippen molar-refractivity contribution in [3.63, 3.8) is 0 Å². The van der Waals surface area contributed by atoms with Gasteiger partial charge in [0.2, 0.25) is 0 Å². The van der Waals surface area contributed by atoms with E-state index >= 15 is 0 Å². The fraction of sp³-hybridized carbons (Fsp3) is 0.556. The van der Waals surface area contributed by atoms with E-state index in [2.05, 4.69) is 5.10 Å². The van der Waals surface area contributed by atoms with Crippen molar-refractivity contribution in [3.05, 3.63) is 28.2 Å². The molecule has 1 saturated carbocycles. The van der Waals surface area contributed by atoms with Gasteiger partial charge in [0.05, 0.1) is 6.20 Å². The predicted molar refractivity (Wildman–Crippen MR) is 46.0 cm³/mol. The van der Waals surface area contributed by atoms with Crippen LogP contribution in [-0.4, -0.2) is 9.78 Å². The summed E-state index contributed by atoms with van der Waals surface area (Å²) in [6.07, 6.45) is 4.24. The Hall–Kier alpha value is -1.12. The molecule has 3 nitrogen and oxygen atoms in total. The zero-order chi connectivity index (χ0) is 8.55. The van der Waals surface area contributed by atoms with Crippen molar-refractivity contribution in [3.8, 4) is 0 Å². The monoisotopic (exact) mass is 164 g/mol. The fourth-order valence-corrected chi connectivity index (χ4v) is 1.21. The smallest absolute Gasteiger partial charge is 0.266 e. The lowest BCUT2D eigenvalue weighted by Gasteiger charge is -2.01. The van der Waals surface area contributed by atoms with E-state index in [4.69, 9.17) is 0 Å². The highest BCUT2D eigenvalue weighted by Crippen LogP contribution is 2.29. The van der Waals surface area contributed by atoms with Gasteiger partial charge in [-0.2, -0.15) is 5.10 Å². The van der Waals surface area contributed by atoms with Crippen LogP contribution in [0.4, 0.5) is 0 Å². The molecule has 1 aromatic rings. The third kappa shape index (κ3) is 1.55. The molecule has 1 aliphatic carbocycles. The van der Waals surface area contributed by atoms with Gasteiger partial charge in [-0.05, 0) is 31.2 Å². The summed E-state index contributed by atoms with van der Waals surface area (Å²) in [4.78, 5) is 11.3. The molecule has 0 N–H and O–H groups in total. The first-order valence-electron chi connectivity index (χ1n) is 4.29. The van der Waals surface area contributed by atoms with Crippen molar-refractivity contribution >= 4 is 0 Å². The van der Waals surface area contributed by atoms with Gasteiger partial charge in [-0.15, -0.1) is 0 Å². The summed E-state index contributed by atoms with van der Waals surface area (Å²) < 4.78 is 1.56. The number of hydrogen-bond acceptors (Lipinski definition) is 2. The maximum Gasteiger partial charge on any atom is 0.266 e. The first kappa shape index (κ1) is 7.53. The van der Waals surface area contributed by atoms with Crippen LogP contribution in [0.5, 0.6) is 0 Å². The molecule has 1 fully saturated rings. The van der Waals surface area contributed by atoms with Crippen LogP contribution in [0.2, 0.25) is 0 Å². The molecule has 0 radical (unpaired) electrons. The lowest BCUT2D eigenvalue weighted by molar-refractivity contribution is 0.532. The van der Waals surface area contributed by atoms with Crippen molar-refractivity contribution in [2.75, 3.05) is 0 Å². The second-order valence-corrected chi connectivity index (χ2v) is 3.50. The first-order chi connectivity index (χ1) is 5.75. The topological polar surface area (TPSA) is 34.9 Å². The van der Waals surface area contributed by atoms with Gasteiger partial charge in [-0.25, -0.2) is 4.68 Å². The van der Waals surface area contributed by atoms with Crippen LogP contribution in [0.15, 0.2) is 17.1 Å². The van der Waals surface area contributed by atoms with Crippen molar-refractivity contribution < 1.29 is 0 Å². The molecule has 3 heteroatoms. The summed E-state index contributed by atoms with van der Waals surface area (Å²) in [5, 5.41) is 4.06. The molecule has 0 amide bonds. The number of aryl methyl sites for hydroxylation is 1. The van der Waals surface area contributed by atoms with E-state index in [-0.39, 0.29) is 5.56 Å². The highest BCUT2D eigenvalue weighted by Gasteiger charge is 2.22. The summed E-state index contributed by atoms with van der Waals surface area (Å²) in [5.41, 5.74) is 0.967. The molecule has 12 heavy (non-hydrogen) atoms. The molecular formula is C9H12N2O. The minimum atomic E-state index is 0.0295. The molecule has 0 bridgehead atoms. The van der Waals surface area contributed by atoms with Gasteiger partial charge in [-0.3, -0.25) is 4.79 Å². The summed E-state index contributed by atoms with van der Waals surface area (Å²) >= 11 is 0. The van der Waals surface area contributed by atoms with Crippen LogP contribution in [-0.2, 0) is 6.54 Å². The van der Waals surface area contributed by atoms with Crippen LogP contribution in [0.25, 0.3) is 0 Å². The van der Waals surface area contributed by atoms with E-state index in [0.29, 0.717) is 5.92 Å². The molecule has 64 valence electrons. The van der Waals surface area contributed by atoms with Crippen molar-refractivity contribution in [2.24, 2.45) is 5.92 Å². The van der Waals surface area contributed by atoms with Crippen LogP contribution in [0.1, 0.15) is 18.4 Å². The molecule has 1 aromatic heterocycles. The van der Waals surface area contributed by atoms with Crippen LogP contribution in [0, 0.1) is 12.8 Å².